The molecule has 1 aromatic heterocycles. The molecule has 0 bridgehead atoms. The third-order valence-electron chi connectivity index (χ3n) is 4.84. The number of pyridine rings is 1. The van der Waals surface area contributed by atoms with Crippen molar-refractivity contribution >= 4 is 43.5 Å². The quantitative estimate of drug-likeness (QED) is 0.566. The van der Waals surface area contributed by atoms with E-state index in [1.807, 2.05) is 12.3 Å². The summed E-state index contributed by atoms with van der Waals surface area (Å²) >= 11 is 13.7. The lowest BCUT2D eigenvalue weighted by Gasteiger charge is -2.26. The van der Waals surface area contributed by atoms with Gasteiger partial charge in [-0.05, 0) is 76.6 Å². The van der Waals surface area contributed by atoms with E-state index < -0.39 is 0 Å². The number of rotatable bonds is 1. The first-order valence-corrected chi connectivity index (χ1v) is 10.1. The summed E-state index contributed by atoms with van der Waals surface area (Å²) in [4.78, 5) is 4.84. The molecule has 1 aliphatic heterocycles. The van der Waals surface area contributed by atoms with E-state index in [4.69, 9.17) is 16.6 Å². The molecule has 5 heteroatoms. The fourth-order valence-corrected chi connectivity index (χ4v) is 5.27. The Balaban J connectivity index is 1.96. The number of halogens is 3. The van der Waals surface area contributed by atoms with Crippen LogP contribution in [0.15, 0.2) is 45.0 Å². The van der Waals surface area contributed by atoms with Gasteiger partial charge in [0.05, 0.1) is 5.69 Å². The number of aromatic nitrogens is 1. The standard InChI is InChI=1S/C19H17Br2ClN2/c20-14-7-13-2-1-12-8-15(22)9-16(21)17(12)18(19(13)24-10-14)11-3-5-23-6-4-11/h3,7-10,18,23H,1-2,4-6H2/t18-/m1/s1. The van der Waals surface area contributed by atoms with Crippen molar-refractivity contribution in [1.29, 1.82) is 0 Å². The number of nitrogens with zero attached hydrogens (tertiary/aromatic N) is 1. The predicted octanol–water partition coefficient (Wildman–Crippen LogP) is 5.41. The van der Waals surface area contributed by atoms with Gasteiger partial charge in [-0.3, -0.25) is 4.98 Å². The van der Waals surface area contributed by atoms with Crippen LogP contribution in [0.5, 0.6) is 0 Å². The lowest BCUT2D eigenvalue weighted by Crippen LogP contribution is -2.24. The van der Waals surface area contributed by atoms with Crippen LogP contribution >= 0.6 is 43.5 Å². The largest absolute Gasteiger partial charge is 0.313 e. The van der Waals surface area contributed by atoms with Gasteiger partial charge >= 0.3 is 0 Å². The van der Waals surface area contributed by atoms with Gasteiger partial charge in [0, 0.05) is 32.6 Å². The number of benzene rings is 1. The van der Waals surface area contributed by atoms with Gasteiger partial charge in [0.2, 0.25) is 0 Å². The minimum Gasteiger partial charge on any atom is -0.313 e. The van der Waals surface area contributed by atoms with E-state index in [1.165, 1.54) is 28.0 Å². The second kappa shape index (κ2) is 6.91. The smallest absolute Gasteiger partial charge is 0.0552 e. The molecule has 0 amide bonds. The molecule has 1 atom stereocenters. The van der Waals surface area contributed by atoms with Crippen LogP contribution in [0.25, 0.3) is 0 Å². The van der Waals surface area contributed by atoms with Crippen LogP contribution in [-0.4, -0.2) is 18.1 Å². The maximum absolute atomic E-state index is 6.33. The van der Waals surface area contributed by atoms with E-state index in [0.717, 1.165) is 46.3 Å². The number of aryl methyl sites for hydroxylation is 2. The Morgan fingerprint density at radius 2 is 1.92 bits per heavy atom. The monoisotopic (exact) mass is 466 g/mol. The first-order chi connectivity index (χ1) is 11.6. The molecule has 1 aliphatic carbocycles. The average Bonchev–Trinajstić information content (AvgIpc) is 2.72. The van der Waals surface area contributed by atoms with E-state index in [0.29, 0.717) is 0 Å². The highest BCUT2D eigenvalue weighted by atomic mass is 79.9. The molecular formula is C19H17Br2ClN2. The van der Waals surface area contributed by atoms with Crippen LogP contribution in [-0.2, 0) is 12.8 Å². The van der Waals surface area contributed by atoms with Crippen LogP contribution in [0.2, 0.25) is 5.02 Å². The molecular weight excluding hydrogens is 451 g/mol. The molecule has 0 saturated heterocycles. The Bertz CT molecular complexity index is 832. The van der Waals surface area contributed by atoms with Crippen molar-refractivity contribution in [2.24, 2.45) is 0 Å². The van der Waals surface area contributed by atoms with Crippen LogP contribution in [0.4, 0.5) is 0 Å². The first-order valence-electron chi connectivity index (χ1n) is 8.15. The molecule has 24 heavy (non-hydrogen) atoms. The molecule has 0 spiro atoms. The van der Waals surface area contributed by atoms with Gasteiger partial charge in [-0.2, -0.15) is 0 Å². The second-order valence-corrected chi connectivity index (χ2v) is 8.53. The Morgan fingerprint density at radius 3 is 2.71 bits per heavy atom. The molecule has 0 saturated carbocycles. The van der Waals surface area contributed by atoms with E-state index in [1.54, 1.807) is 0 Å². The summed E-state index contributed by atoms with van der Waals surface area (Å²) in [5.41, 5.74) is 6.63. The maximum Gasteiger partial charge on any atom is 0.0552 e. The molecule has 1 aromatic carbocycles. The summed E-state index contributed by atoms with van der Waals surface area (Å²) < 4.78 is 2.13. The van der Waals surface area contributed by atoms with Gasteiger partial charge in [0.15, 0.2) is 0 Å². The van der Waals surface area contributed by atoms with E-state index in [-0.39, 0.29) is 5.92 Å². The molecule has 2 heterocycles. The fourth-order valence-electron chi connectivity index (χ4n) is 3.79. The highest BCUT2D eigenvalue weighted by Gasteiger charge is 2.30. The molecule has 2 nitrogen and oxygen atoms in total. The SMILES string of the molecule is Clc1cc(Br)c2c(c1)CCc1cc(Br)cnc1[C@@H]2C1=CCNCC1. The lowest BCUT2D eigenvalue weighted by atomic mass is 9.83. The summed E-state index contributed by atoms with van der Waals surface area (Å²) in [7, 11) is 0. The van der Waals surface area contributed by atoms with Crippen LogP contribution in [0.1, 0.15) is 34.7 Å². The molecule has 0 unspecified atom stereocenters. The number of fused-ring (bicyclic) bond motifs is 2. The summed E-state index contributed by atoms with van der Waals surface area (Å²) in [6, 6.07) is 6.36. The molecule has 124 valence electrons. The Kier molecular flexibility index (Phi) is 4.83. The van der Waals surface area contributed by atoms with E-state index in [2.05, 4.69) is 55.4 Å². The van der Waals surface area contributed by atoms with Gasteiger partial charge in [-0.15, -0.1) is 0 Å². The van der Waals surface area contributed by atoms with E-state index >= 15 is 0 Å². The van der Waals surface area contributed by atoms with Crippen LogP contribution < -0.4 is 5.32 Å². The topological polar surface area (TPSA) is 24.9 Å². The maximum atomic E-state index is 6.33. The van der Waals surface area contributed by atoms with Gasteiger partial charge < -0.3 is 5.32 Å². The van der Waals surface area contributed by atoms with Crippen molar-refractivity contribution < 1.29 is 0 Å². The first kappa shape index (κ1) is 16.8. The highest BCUT2D eigenvalue weighted by Crippen LogP contribution is 2.44. The molecule has 0 fully saturated rings. The molecule has 1 N–H and O–H groups in total. The van der Waals surface area contributed by atoms with Gasteiger partial charge in [0.25, 0.3) is 0 Å². The predicted molar refractivity (Wildman–Crippen MR) is 106 cm³/mol. The van der Waals surface area contributed by atoms with Crippen molar-refractivity contribution in [2.75, 3.05) is 13.1 Å². The van der Waals surface area contributed by atoms with Gasteiger partial charge in [-0.1, -0.05) is 39.2 Å². The normalized spacial score (nSPS) is 20.0. The zero-order chi connectivity index (χ0) is 16.7. The number of nitrogens with one attached hydrogen (secondary N) is 1. The summed E-state index contributed by atoms with van der Waals surface area (Å²) in [5, 5.41) is 4.20. The molecule has 2 aromatic rings. The van der Waals surface area contributed by atoms with Crippen molar-refractivity contribution in [1.82, 2.24) is 10.3 Å². The van der Waals surface area contributed by atoms with Crippen LogP contribution in [0.3, 0.4) is 0 Å². The Hall–Kier alpha value is -0.680. The summed E-state index contributed by atoms with van der Waals surface area (Å²) in [6.45, 7) is 1.95. The molecule has 4 rings (SSSR count). The third kappa shape index (κ3) is 3.10. The number of hydrogen-bond acceptors (Lipinski definition) is 2. The Morgan fingerprint density at radius 1 is 1.08 bits per heavy atom. The van der Waals surface area contributed by atoms with E-state index in [9.17, 15) is 0 Å². The minimum absolute atomic E-state index is 0.208. The molecule has 2 aliphatic rings. The van der Waals surface area contributed by atoms with Crippen molar-refractivity contribution in [3.8, 4) is 0 Å². The zero-order valence-electron chi connectivity index (χ0n) is 13.1. The van der Waals surface area contributed by atoms with Crippen molar-refractivity contribution in [3.05, 3.63) is 72.4 Å². The zero-order valence-corrected chi connectivity index (χ0v) is 17.0. The summed E-state index contributed by atoms with van der Waals surface area (Å²) in [6.07, 6.45) is 7.28. The molecule has 0 radical (unpaired) electrons. The summed E-state index contributed by atoms with van der Waals surface area (Å²) in [5.74, 6) is 0.208. The third-order valence-corrected chi connectivity index (χ3v) is 6.15. The fraction of sp³-hybridized carbons (Fsp3) is 0.316. The Labute approximate surface area is 164 Å². The van der Waals surface area contributed by atoms with Crippen molar-refractivity contribution in [3.63, 3.8) is 0 Å². The van der Waals surface area contributed by atoms with Gasteiger partial charge in [-0.25, -0.2) is 0 Å². The number of hydrogen-bond donors (Lipinski definition) is 1. The van der Waals surface area contributed by atoms with Crippen molar-refractivity contribution in [2.45, 2.75) is 25.2 Å². The highest BCUT2D eigenvalue weighted by molar-refractivity contribution is 9.10. The van der Waals surface area contributed by atoms with Gasteiger partial charge in [0.1, 0.15) is 0 Å². The average molecular weight is 469 g/mol. The van der Waals surface area contributed by atoms with Crippen LogP contribution in [0, 0.1) is 0 Å². The lowest BCUT2D eigenvalue weighted by molar-refractivity contribution is 0.666. The second-order valence-electron chi connectivity index (χ2n) is 6.32. The minimum atomic E-state index is 0.208.